The van der Waals surface area contributed by atoms with Crippen molar-refractivity contribution in [3.8, 4) is 0 Å². The van der Waals surface area contributed by atoms with Gasteiger partial charge in [0.2, 0.25) is 29.5 Å². The van der Waals surface area contributed by atoms with Crippen molar-refractivity contribution >= 4 is 58.8 Å². The maximum atomic E-state index is 12.2. The average Bonchev–Trinajstić information content (AvgIpc) is 3.06. The molecule has 50 heavy (non-hydrogen) atoms. The Morgan fingerprint density at radius 1 is 0.580 bits per heavy atom. The van der Waals surface area contributed by atoms with E-state index >= 15 is 0 Å². The molecular formula is C33H55N5O12. The van der Waals surface area contributed by atoms with Crippen LogP contribution in [0.5, 0.6) is 0 Å². The van der Waals surface area contributed by atoms with Crippen LogP contribution in [0.2, 0.25) is 0 Å². The van der Waals surface area contributed by atoms with Crippen molar-refractivity contribution in [3.05, 3.63) is 0 Å². The van der Waals surface area contributed by atoms with E-state index in [1.165, 1.54) is 14.2 Å². The number of carbonyl (C=O) groups excluding carboxylic acids is 10. The molecule has 0 saturated heterocycles. The first-order valence-electron chi connectivity index (χ1n) is 16.5. The van der Waals surface area contributed by atoms with Crippen LogP contribution < -0.4 is 16.0 Å². The first kappa shape index (κ1) is 47.4. The summed E-state index contributed by atoms with van der Waals surface area (Å²) in [6.45, 7) is 9.42. The number of rotatable bonds is 23. The number of nitrogens with zero attached hydrogens (tertiary/aromatic N) is 2. The lowest BCUT2D eigenvalue weighted by atomic mass is 10.1. The van der Waals surface area contributed by atoms with Crippen molar-refractivity contribution in [2.45, 2.75) is 80.1 Å². The van der Waals surface area contributed by atoms with Gasteiger partial charge in [0.1, 0.15) is 25.4 Å². The normalized spacial score (nSPS) is 10.2. The maximum Gasteiger partial charge on any atom is 0.325 e. The van der Waals surface area contributed by atoms with Gasteiger partial charge in [-0.15, -0.1) is 0 Å². The Labute approximate surface area is 293 Å². The van der Waals surface area contributed by atoms with Crippen LogP contribution in [0.25, 0.3) is 0 Å². The molecule has 0 saturated carbocycles. The highest BCUT2D eigenvalue weighted by atomic mass is 16.5. The van der Waals surface area contributed by atoms with Gasteiger partial charge in [0.25, 0.3) is 0 Å². The van der Waals surface area contributed by atoms with Crippen LogP contribution in [0.3, 0.4) is 0 Å². The predicted molar refractivity (Wildman–Crippen MR) is 180 cm³/mol. The van der Waals surface area contributed by atoms with Crippen LogP contribution in [0.15, 0.2) is 0 Å². The lowest BCUT2D eigenvalue weighted by Crippen LogP contribution is -2.47. The average molecular weight is 714 g/mol. The van der Waals surface area contributed by atoms with Crippen molar-refractivity contribution in [1.29, 1.82) is 0 Å². The molecule has 17 heteroatoms. The van der Waals surface area contributed by atoms with Crippen molar-refractivity contribution in [2.75, 3.05) is 60.0 Å². The number of hydrogen-bond acceptors (Lipinski definition) is 12. The van der Waals surface area contributed by atoms with E-state index in [1.54, 1.807) is 27.7 Å². The van der Waals surface area contributed by atoms with Gasteiger partial charge in [-0.05, 0) is 19.3 Å². The number of Topliss-reactive ketones (excluding diaryl/α,β-unsaturated/α-hetero) is 3. The second-order valence-electron chi connectivity index (χ2n) is 11.8. The second kappa shape index (κ2) is 27.2. The van der Waals surface area contributed by atoms with Gasteiger partial charge in [-0.2, -0.15) is 0 Å². The molecule has 0 aliphatic heterocycles. The Balaban J connectivity index is 0. The van der Waals surface area contributed by atoms with Gasteiger partial charge >= 0.3 is 11.9 Å². The third-order valence-corrected chi connectivity index (χ3v) is 6.74. The SMILES string of the molecule is CCC(=O)CN(CC(=O)OC)C(=O)CCC(=O)CNC(=O)CC(=O)C(C)C.CCNC(=O)CN(CC(=O)OC)C(=O)CNC(=O)CCC(C)C. The molecule has 284 valence electrons. The van der Waals surface area contributed by atoms with Gasteiger partial charge in [-0.25, -0.2) is 0 Å². The summed E-state index contributed by atoms with van der Waals surface area (Å²) in [7, 11) is 2.37. The molecule has 0 aromatic rings. The summed E-state index contributed by atoms with van der Waals surface area (Å²) in [5.74, 6) is -4.22. The molecule has 0 spiro atoms. The summed E-state index contributed by atoms with van der Waals surface area (Å²) in [5.41, 5.74) is 0. The van der Waals surface area contributed by atoms with Crippen LogP contribution in [-0.2, 0) is 57.4 Å². The van der Waals surface area contributed by atoms with Gasteiger partial charge in [0, 0.05) is 38.1 Å². The summed E-state index contributed by atoms with van der Waals surface area (Å²) < 4.78 is 9.01. The fourth-order valence-electron chi connectivity index (χ4n) is 3.57. The molecule has 3 N–H and O–H groups in total. The van der Waals surface area contributed by atoms with Gasteiger partial charge < -0.3 is 35.2 Å². The quantitative estimate of drug-likeness (QED) is 0.0917. The molecule has 0 fully saturated rings. The number of esters is 2. The Kier molecular flexibility index (Phi) is 25.8. The minimum Gasteiger partial charge on any atom is -0.468 e. The third-order valence-electron chi connectivity index (χ3n) is 6.74. The smallest absolute Gasteiger partial charge is 0.325 e. The molecular weight excluding hydrogens is 658 g/mol. The molecule has 0 aliphatic rings. The summed E-state index contributed by atoms with van der Waals surface area (Å²) >= 11 is 0. The largest absolute Gasteiger partial charge is 0.468 e. The molecule has 0 atom stereocenters. The summed E-state index contributed by atoms with van der Waals surface area (Å²) in [6.07, 6.45) is 0.618. The monoisotopic (exact) mass is 713 g/mol. The van der Waals surface area contributed by atoms with Gasteiger partial charge in [0.15, 0.2) is 11.6 Å². The number of carbonyl (C=O) groups is 10. The number of ether oxygens (including phenoxy) is 2. The van der Waals surface area contributed by atoms with E-state index in [-0.39, 0.29) is 94.3 Å². The Bertz CT molecular complexity index is 1170. The summed E-state index contributed by atoms with van der Waals surface area (Å²) in [4.78, 5) is 119. The van der Waals surface area contributed by atoms with E-state index in [1.807, 2.05) is 13.8 Å². The number of methoxy groups -OCH3 is 2. The van der Waals surface area contributed by atoms with Crippen LogP contribution >= 0.6 is 0 Å². The first-order chi connectivity index (χ1) is 23.4. The van der Waals surface area contributed by atoms with Crippen LogP contribution in [-0.4, -0.2) is 129 Å². The van der Waals surface area contributed by atoms with E-state index in [4.69, 9.17) is 0 Å². The molecule has 17 nitrogen and oxygen atoms in total. The second-order valence-corrected chi connectivity index (χ2v) is 11.8. The Morgan fingerprint density at radius 2 is 1.12 bits per heavy atom. The summed E-state index contributed by atoms with van der Waals surface area (Å²) in [5, 5.41) is 7.39. The number of amides is 5. The lowest BCUT2D eigenvalue weighted by Gasteiger charge is -2.21. The predicted octanol–water partition coefficient (Wildman–Crippen LogP) is -0.276. The Hall–Kier alpha value is -4.70. The number of likely N-dealkylation sites (N-methyl/N-ethyl adjacent to an activating group) is 1. The molecule has 0 unspecified atom stereocenters. The first-order valence-corrected chi connectivity index (χ1v) is 16.5. The number of ketones is 3. The zero-order valence-electron chi connectivity index (χ0n) is 30.6. The highest BCUT2D eigenvalue weighted by Gasteiger charge is 2.22. The summed E-state index contributed by atoms with van der Waals surface area (Å²) in [6, 6.07) is 0. The molecule has 0 heterocycles. The van der Waals surface area contributed by atoms with E-state index in [2.05, 4.69) is 25.4 Å². The maximum absolute atomic E-state index is 12.2. The van der Waals surface area contributed by atoms with Crippen molar-refractivity contribution in [1.82, 2.24) is 25.8 Å². The topological polar surface area (TPSA) is 232 Å². The molecule has 0 aromatic heterocycles. The minimum atomic E-state index is -0.666. The van der Waals surface area contributed by atoms with E-state index in [9.17, 15) is 47.9 Å². The Morgan fingerprint density at radius 3 is 1.60 bits per heavy atom. The molecule has 0 aliphatic carbocycles. The molecule has 0 rings (SSSR count). The van der Waals surface area contributed by atoms with E-state index in [0.717, 1.165) is 16.2 Å². The van der Waals surface area contributed by atoms with Crippen LogP contribution in [0.1, 0.15) is 80.1 Å². The zero-order valence-corrected chi connectivity index (χ0v) is 30.6. The van der Waals surface area contributed by atoms with E-state index < -0.39 is 35.4 Å². The van der Waals surface area contributed by atoms with Gasteiger partial charge in [0.05, 0.1) is 40.3 Å². The number of nitrogens with one attached hydrogen (secondary N) is 3. The molecule has 5 amide bonds. The molecule has 0 radical (unpaired) electrons. The lowest BCUT2D eigenvalue weighted by molar-refractivity contribution is -0.148. The zero-order chi connectivity index (χ0) is 38.8. The van der Waals surface area contributed by atoms with Crippen molar-refractivity contribution in [3.63, 3.8) is 0 Å². The number of hydrogen-bond donors (Lipinski definition) is 3. The highest BCUT2D eigenvalue weighted by Crippen LogP contribution is 2.04. The van der Waals surface area contributed by atoms with Gasteiger partial charge in [-0.3, -0.25) is 47.9 Å². The fraction of sp³-hybridized carbons (Fsp3) is 0.697. The van der Waals surface area contributed by atoms with E-state index in [0.29, 0.717) is 18.9 Å². The van der Waals surface area contributed by atoms with Crippen molar-refractivity contribution in [2.24, 2.45) is 11.8 Å². The minimum absolute atomic E-state index is 0.158. The molecule has 0 aromatic carbocycles. The molecule has 0 bridgehead atoms. The van der Waals surface area contributed by atoms with Crippen molar-refractivity contribution < 1.29 is 57.4 Å². The highest BCUT2D eigenvalue weighted by molar-refractivity contribution is 6.00. The standard InChI is InChI=1S/C18H28N2O7.C15H27N3O5/c1-5-13(21)10-20(11-18(26)27-4)17(25)7-6-14(22)9-19-16(24)8-15(23)12(2)3;1-5-16-13(20)9-18(10-15(22)23-4)14(21)8-17-12(19)7-6-11(2)3/h12H,5-11H2,1-4H3,(H,19,24);11H,5-10H2,1-4H3,(H,16,20)(H,17,19). The van der Waals surface area contributed by atoms with Crippen LogP contribution in [0.4, 0.5) is 0 Å². The van der Waals surface area contributed by atoms with Gasteiger partial charge in [-0.1, -0.05) is 34.6 Å². The fourth-order valence-corrected chi connectivity index (χ4v) is 3.57. The van der Waals surface area contributed by atoms with Crippen LogP contribution in [0, 0.1) is 11.8 Å². The third kappa shape index (κ3) is 24.4.